The Morgan fingerprint density at radius 1 is 1.10 bits per heavy atom. The van der Waals surface area contributed by atoms with E-state index >= 15 is 0 Å². The Balaban J connectivity index is 2.74. The van der Waals surface area contributed by atoms with Gasteiger partial charge in [0.15, 0.2) is 0 Å². The number of hydrogen-bond acceptors (Lipinski definition) is 2. The van der Waals surface area contributed by atoms with E-state index in [-0.39, 0.29) is 10.9 Å². The van der Waals surface area contributed by atoms with Gasteiger partial charge < -0.3 is 4.74 Å². The molecule has 1 aromatic carbocycles. The Morgan fingerprint density at radius 3 is 2.35 bits per heavy atom. The van der Waals surface area contributed by atoms with E-state index in [0.717, 1.165) is 6.42 Å². The highest BCUT2D eigenvalue weighted by Crippen LogP contribution is 2.18. The van der Waals surface area contributed by atoms with Gasteiger partial charge in [-0.2, -0.15) is 4.98 Å². The molecule has 0 saturated carbocycles. The Labute approximate surface area is 129 Å². The van der Waals surface area contributed by atoms with Crippen molar-refractivity contribution in [1.29, 1.82) is 0 Å². The van der Waals surface area contributed by atoms with Crippen molar-refractivity contribution in [2.45, 2.75) is 19.9 Å². The molecule has 1 heterocycles. The maximum absolute atomic E-state index is 6.06. The second-order valence-electron chi connectivity index (χ2n) is 4.37. The molecule has 1 aromatic heterocycles. The highest BCUT2D eigenvalue weighted by molar-refractivity contribution is 6.66. The van der Waals surface area contributed by atoms with Gasteiger partial charge in [0.1, 0.15) is 31.4 Å². The number of nitrogens with zero attached hydrogens (tertiary/aromatic N) is 2. The second-order valence-corrected chi connectivity index (χ2v) is 4.75. The zero-order valence-electron chi connectivity index (χ0n) is 11.3. The van der Waals surface area contributed by atoms with Crippen LogP contribution in [0.1, 0.15) is 13.3 Å². The number of alkyl halides is 1. The van der Waals surface area contributed by atoms with Crippen LogP contribution >= 0.6 is 11.6 Å². The Morgan fingerprint density at radius 2 is 1.75 bits per heavy atom. The van der Waals surface area contributed by atoms with E-state index in [9.17, 15) is 0 Å². The highest BCUT2D eigenvalue weighted by Gasteiger charge is 2.17. The normalized spacial score (nSPS) is 11.1. The van der Waals surface area contributed by atoms with Crippen molar-refractivity contribution < 1.29 is 4.74 Å². The molecule has 8 radical (unpaired) electrons. The molecule has 0 aliphatic heterocycles. The molecule has 0 unspecified atom stereocenters. The van der Waals surface area contributed by atoms with E-state index in [4.69, 9.17) is 47.7 Å². The minimum absolute atomic E-state index is 0.250. The summed E-state index contributed by atoms with van der Waals surface area (Å²) in [6.45, 7) is 2.97. The molecule has 0 fully saturated rings. The Bertz CT molecular complexity index is 644. The molecule has 2 aromatic rings. The first-order valence-electron chi connectivity index (χ1n) is 6.33. The zero-order valence-corrected chi connectivity index (χ0v) is 12.1. The van der Waals surface area contributed by atoms with E-state index in [1.807, 2.05) is 11.5 Å². The number of ether oxygens (including phenoxy) is 1. The number of aryl methyl sites for hydroxylation is 1. The molecule has 2 rings (SSSR count). The molecule has 0 spiro atoms. The standard InChI is InChI=1S/C12H11B4ClN2O/c1-2-20-12-18-10-8(15)6(13)7(14)9(16)11(10)19(12)5-3-4-17/h2-5H2,1H3. The lowest BCUT2D eigenvalue weighted by Crippen LogP contribution is -2.48. The van der Waals surface area contributed by atoms with Crippen LogP contribution in [0.15, 0.2) is 0 Å². The third-order valence-corrected chi connectivity index (χ3v) is 3.37. The molecule has 94 valence electrons. The molecule has 3 nitrogen and oxygen atoms in total. The van der Waals surface area contributed by atoms with Crippen LogP contribution in [0.3, 0.4) is 0 Å². The monoisotopic (exact) mass is 278 g/mol. The second kappa shape index (κ2) is 6.21. The number of fused-ring (bicyclic) bond motifs is 1. The average Bonchev–Trinajstić information content (AvgIpc) is 2.79. The van der Waals surface area contributed by atoms with Crippen molar-refractivity contribution >= 4 is 75.9 Å². The van der Waals surface area contributed by atoms with Crippen molar-refractivity contribution in [3.63, 3.8) is 0 Å². The largest absolute Gasteiger partial charge is 0.465 e. The Kier molecular flexibility index (Phi) is 4.79. The SMILES string of the molecule is [B]c1c([B])c([B])c2c(nc(OCC)n2CCCCl)c1[B]. The average molecular weight is 278 g/mol. The molecule has 0 N–H and O–H groups in total. The minimum atomic E-state index is 0.250. The number of hydrogen-bond donors (Lipinski definition) is 0. The summed E-state index contributed by atoms with van der Waals surface area (Å²) in [7, 11) is 23.8. The smallest absolute Gasteiger partial charge is 0.297 e. The molecule has 0 aliphatic carbocycles. The zero-order chi connectivity index (χ0) is 14.9. The third kappa shape index (κ3) is 2.48. The van der Waals surface area contributed by atoms with Crippen LogP contribution in [0.4, 0.5) is 0 Å². The van der Waals surface area contributed by atoms with Crippen LogP contribution in [0.5, 0.6) is 6.01 Å². The maximum Gasteiger partial charge on any atom is 0.297 e. The summed E-state index contributed by atoms with van der Waals surface area (Å²) >= 11 is 5.75. The van der Waals surface area contributed by atoms with Gasteiger partial charge in [0, 0.05) is 12.4 Å². The van der Waals surface area contributed by atoms with Crippen molar-refractivity contribution in [1.82, 2.24) is 9.55 Å². The minimum Gasteiger partial charge on any atom is -0.465 e. The van der Waals surface area contributed by atoms with E-state index < -0.39 is 0 Å². The van der Waals surface area contributed by atoms with Crippen LogP contribution in [0, 0.1) is 0 Å². The molecule has 0 amide bonds. The molecule has 0 aliphatic rings. The summed E-state index contributed by atoms with van der Waals surface area (Å²) < 4.78 is 7.36. The van der Waals surface area contributed by atoms with Gasteiger partial charge in [-0.3, -0.25) is 4.57 Å². The van der Waals surface area contributed by atoms with E-state index in [0.29, 0.717) is 47.0 Å². The fourth-order valence-corrected chi connectivity index (χ4v) is 2.22. The van der Waals surface area contributed by atoms with Crippen LogP contribution < -0.4 is 26.6 Å². The number of rotatable bonds is 5. The van der Waals surface area contributed by atoms with Crippen LogP contribution in [-0.4, -0.2) is 53.4 Å². The van der Waals surface area contributed by atoms with Crippen molar-refractivity contribution in [2.75, 3.05) is 12.5 Å². The first-order valence-corrected chi connectivity index (χ1v) is 6.87. The van der Waals surface area contributed by atoms with Gasteiger partial charge in [-0.05, 0) is 13.3 Å². The lowest BCUT2D eigenvalue weighted by Gasteiger charge is -2.14. The summed E-state index contributed by atoms with van der Waals surface area (Å²) in [6, 6.07) is 0.441. The van der Waals surface area contributed by atoms with Gasteiger partial charge >= 0.3 is 0 Å². The number of imidazole rings is 1. The van der Waals surface area contributed by atoms with Gasteiger partial charge in [0.05, 0.1) is 17.6 Å². The predicted molar refractivity (Wildman–Crippen MR) is 87.8 cm³/mol. The molecule has 0 bridgehead atoms. The quantitative estimate of drug-likeness (QED) is 0.478. The van der Waals surface area contributed by atoms with Gasteiger partial charge in [-0.25, -0.2) is 0 Å². The van der Waals surface area contributed by atoms with Crippen molar-refractivity contribution in [2.24, 2.45) is 0 Å². The van der Waals surface area contributed by atoms with E-state index in [1.165, 1.54) is 0 Å². The summed E-state index contributed by atoms with van der Waals surface area (Å²) in [6.07, 6.45) is 0.747. The fourth-order valence-electron chi connectivity index (χ4n) is 2.10. The first-order chi connectivity index (χ1) is 9.52. The first kappa shape index (κ1) is 15.4. The molecule has 0 saturated heterocycles. The van der Waals surface area contributed by atoms with Crippen LogP contribution in [0.2, 0.25) is 0 Å². The van der Waals surface area contributed by atoms with E-state index in [2.05, 4.69) is 4.98 Å². The highest BCUT2D eigenvalue weighted by atomic mass is 35.5. The topological polar surface area (TPSA) is 27.1 Å². The van der Waals surface area contributed by atoms with Gasteiger partial charge in [-0.15, -0.1) is 22.5 Å². The lowest BCUT2D eigenvalue weighted by atomic mass is 9.66. The van der Waals surface area contributed by atoms with Crippen LogP contribution in [0.25, 0.3) is 11.0 Å². The molecular weight excluding hydrogens is 267 g/mol. The summed E-state index contributed by atoms with van der Waals surface area (Å²) in [5.74, 6) is 0.519. The number of halogens is 1. The number of aromatic nitrogens is 2. The van der Waals surface area contributed by atoms with Gasteiger partial charge in [0.2, 0.25) is 0 Å². The summed E-state index contributed by atoms with van der Waals surface area (Å²) in [4.78, 5) is 4.37. The lowest BCUT2D eigenvalue weighted by molar-refractivity contribution is 0.298. The number of benzene rings is 1. The third-order valence-electron chi connectivity index (χ3n) is 3.10. The molecule has 0 atom stereocenters. The molecule has 8 heteroatoms. The Hall–Kier alpha value is -0.960. The van der Waals surface area contributed by atoms with Crippen LogP contribution in [-0.2, 0) is 6.54 Å². The fraction of sp³-hybridized carbons (Fsp3) is 0.417. The van der Waals surface area contributed by atoms with Crippen molar-refractivity contribution in [3.05, 3.63) is 0 Å². The van der Waals surface area contributed by atoms with E-state index in [1.54, 1.807) is 0 Å². The predicted octanol–water partition coefficient (Wildman–Crippen LogP) is -1.76. The maximum atomic E-state index is 6.06. The molecular formula is C12H11B4ClN2O. The summed E-state index contributed by atoms with van der Waals surface area (Å²) in [5.41, 5.74) is 2.34. The molecule has 20 heavy (non-hydrogen) atoms. The van der Waals surface area contributed by atoms with Gasteiger partial charge in [-0.1, -0.05) is 10.9 Å². The summed E-state index contributed by atoms with van der Waals surface area (Å²) in [5, 5.41) is 0. The van der Waals surface area contributed by atoms with Crippen molar-refractivity contribution in [3.8, 4) is 6.01 Å². The van der Waals surface area contributed by atoms with Gasteiger partial charge in [0.25, 0.3) is 6.01 Å².